The second-order valence-corrected chi connectivity index (χ2v) is 7.19. The third-order valence-corrected chi connectivity index (χ3v) is 5.62. The lowest BCUT2D eigenvalue weighted by atomic mass is 9.86. The second-order valence-electron chi connectivity index (χ2n) is 7.19. The molecule has 0 bridgehead atoms. The maximum atomic E-state index is 2.65. The Labute approximate surface area is 163 Å². The molecule has 0 N–H and O–H groups in total. The van der Waals surface area contributed by atoms with E-state index in [1.165, 1.54) is 28.0 Å². The number of benzene rings is 3. The molecule has 27 heavy (non-hydrogen) atoms. The van der Waals surface area contributed by atoms with Gasteiger partial charge < -0.3 is 4.90 Å². The van der Waals surface area contributed by atoms with Gasteiger partial charge in [-0.3, -0.25) is 0 Å². The second kappa shape index (κ2) is 7.84. The Bertz CT molecular complexity index is 911. The molecule has 0 aromatic heterocycles. The van der Waals surface area contributed by atoms with Crippen molar-refractivity contribution in [3.05, 3.63) is 107 Å². The number of rotatable bonds is 5. The molecule has 1 aliphatic heterocycles. The Hall–Kier alpha value is -2.80. The highest BCUT2D eigenvalue weighted by Crippen LogP contribution is 2.47. The highest BCUT2D eigenvalue weighted by Gasteiger charge is 2.33. The largest absolute Gasteiger partial charge is 0.353 e. The Morgan fingerprint density at radius 3 is 2.07 bits per heavy atom. The van der Waals surface area contributed by atoms with Crippen LogP contribution in [-0.2, 0) is 0 Å². The van der Waals surface area contributed by atoms with Gasteiger partial charge in [-0.15, -0.1) is 0 Å². The van der Waals surface area contributed by atoms with Crippen molar-refractivity contribution in [2.45, 2.75) is 38.8 Å². The maximum absolute atomic E-state index is 2.65. The first-order valence-electron chi connectivity index (χ1n) is 10.0. The van der Waals surface area contributed by atoms with Crippen molar-refractivity contribution in [1.29, 1.82) is 0 Å². The molecule has 0 amide bonds. The van der Waals surface area contributed by atoms with Crippen LogP contribution in [0.15, 0.2) is 90.5 Å². The number of anilines is 1. The monoisotopic (exact) mass is 353 g/mol. The van der Waals surface area contributed by atoms with Crippen LogP contribution in [0, 0.1) is 0 Å². The van der Waals surface area contributed by atoms with Gasteiger partial charge in [-0.2, -0.15) is 0 Å². The molecule has 1 unspecified atom stereocenters. The minimum Gasteiger partial charge on any atom is -0.353 e. The number of para-hydroxylation sites is 1. The van der Waals surface area contributed by atoms with Crippen LogP contribution >= 0.6 is 0 Å². The van der Waals surface area contributed by atoms with Gasteiger partial charge in [0.15, 0.2) is 0 Å². The van der Waals surface area contributed by atoms with Gasteiger partial charge in [0.2, 0.25) is 0 Å². The highest BCUT2D eigenvalue weighted by molar-refractivity contribution is 5.76. The summed E-state index contributed by atoms with van der Waals surface area (Å²) in [6.45, 7) is 4.57. The third-order valence-electron chi connectivity index (χ3n) is 5.62. The molecule has 2 atom stereocenters. The number of hydrogen-bond acceptors (Lipinski definition) is 1. The van der Waals surface area contributed by atoms with E-state index in [0.29, 0.717) is 6.04 Å². The molecule has 1 heteroatoms. The van der Waals surface area contributed by atoms with E-state index in [2.05, 4.69) is 110 Å². The summed E-state index contributed by atoms with van der Waals surface area (Å²) in [5.41, 5.74) is 6.90. The van der Waals surface area contributed by atoms with E-state index in [9.17, 15) is 0 Å². The van der Waals surface area contributed by atoms with Crippen molar-refractivity contribution < 1.29 is 0 Å². The normalized spacial score (nSPS) is 17.2. The fourth-order valence-electron chi connectivity index (χ4n) is 4.36. The van der Waals surface area contributed by atoms with E-state index < -0.39 is 0 Å². The Morgan fingerprint density at radius 2 is 1.41 bits per heavy atom. The molecular weight excluding hydrogens is 326 g/mol. The van der Waals surface area contributed by atoms with Gasteiger partial charge in [-0.25, -0.2) is 0 Å². The van der Waals surface area contributed by atoms with Crippen LogP contribution in [-0.4, -0.2) is 0 Å². The number of hydrogen-bond donors (Lipinski definition) is 0. The Morgan fingerprint density at radius 1 is 0.778 bits per heavy atom. The molecule has 3 aromatic rings. The molecule has 4 rings (SSSR count). The molecule has 1 nitrogen and oxygen atoms in total. The molecular formula is C26H27N. The molecule has 0 fully saturated rings. The lowest BCUT2D eigenvalue weighted by Gasteiger charge is -2.44. The lowest BCUT2D eigenvalue weighted by molar-refractivity contribution is 0.543. The van der Waals surface area contributed by atoms with E-state index in [1.807, 2.05) is 0 Å². The van der Waals surface area contributed by atoms with Gasteiger partial charge in [0.1, 0.15) is 0 Å². The van der Waals surface area contributed by atoms with Gasteiger partial charge in [-0.1, -0.05) is 98.8 Å². The van der Waals surface area contributed by atoms with Gasteiger partial charge in [0.25, 0.3) is 0 Å². The Kier molecular flexibility index (Phi) is 5.11. The van der Waals surface area contributed by atoms with E-state index in [0.717, 1.165) is 12.8 Å². The summed E-state index contributed by atoms with van der Waals surface area (Å²) in [7, 11) is 0. The van der Waals surface area contributed by atoms with Crippen molar-refractivity contribution in [3.8, 4) is 0 Å². The molecule has 136 valence electrons. The molecule has 0 spiro atoms. The van der Waals surface area contributed by atoms with Crippen molar-refractivity contribution in [2.24, 2.45) is 0 Å². The fraction of sp³-hybridized carbons (Fsp3) is 0.231. The topological polar surface area (TPSA) is 3.24 Å². The lowest BCUT2D eigenvalue weighted by Crippen LogP contribution is -2.36. The summed E-state index contributed by atoms with van der Waals surface area (Å²) in [6.07, 6.45) is 4.52. The summed E-state index contributed by atoms with van der Waals surface area (Å²) in [5, 5.41) is 0. The van der Waals surface area contributed by atoms with Crippen LogP contribution in [0.3, 0.4) is 0 Å². The highest BCUT2D eigenvalue weighted by atomic mass is 15.2. The van der Waals surface area contributed by atoms with Crippen molar-refractivity contribution in [3.63, 3.8) is 0 Å². The zero-order chi connectivity index (χ0) is 18.6. The molecule has 0 radical (unpaired) electrons. The summed E-state index contributed by atoms with van der Waals surface area (Å²) in [6, 6.07) is 31.4. The van der Waals surface area contributed by atoms with Gasteiger partial charge in [0.05, 0.1) is 12.1 Å². The first kappa shape index (κ1) is 17.6. The van der Waals surface area contributed by atoms with E-state index >= 15 is 0 Å². The fourth-order valence-corrected chi connectivity index (χ4v) is 4.36. The smallest absolute Gasteiger partial charge is 0.0765 e. The average Bonchev–Trinajstić information content (AvgIpc) is 2.75. The van der Waals surface area contributed by atoms with Crippen LogP contribution in [0.2, 0.25) is 0 Å². The third kappa shape index (κ3) is 3.30. The molecule has 0 aliphatic carbocycles. The van der Waals surface area contributed by atoms with Crippen molar-refractivity contribution in [1.82, 2.24) is 0 Å². The average molecular weight is 354 g/mol. The van der Waals surface area contributed by atoms with Gasteiger partial charge in [0, 0.05) is 5.69 Å². The first-order valence-corrected chi connectivity index (χ1v) is 10.0. The molecule has 1 aliphatic rings. The van der Waals surface area contributed by atoms with Crippen LogP contribution < -0.4 is 4.90 Å². The van der Waals surface area contributed by atoms with Gasteiger partial charge >= 0.3 is 0 Å². The zero-order valence-corrected chi connectivity index (χ0v) is 16.2. The van der Waals surface area contributed by atoms with Crippen LogP contribution in [0.4, 0.5) is 5.69 Å². The summed E-state index contributed by atoms with van der Waals surface area (Å²) >= 11 is 0. The molecule has 0 saturated heterocycles. The quantitative estimate of drug-likeness (QED) is 0.469. The summed E-state index contributed by atoms with van der Waals surface area (Å²) < 4.78 is 0. The van der Waals surface area contributed by atoms with Crippen LogP contribution in [0.5, 0.6) is 0 Å². The summed E-state index contributed by atoms with van der Waals surface area (Å²) in [4.78, 5) is 2.65. The van der Waals surface area contributed by atoms with Crippen LogP contribution in [0.1, 0.15) is 55.5 Å². The predicted molar refractivity (Wildman–Crippen MR) is 116 cm³/mol. The minimum absolute atomic E-state index is 0.274. The van der Waals surface area contributed by atoms with Crippen LogP contribution in [0.25, 0.3) is 6.08 Å². The summed E-state index contributed by atoms with van der Waals surface area (Å²) in [5.74, 6) is 0. The minimum atomic E-state index is 0.274. The Balaban J connectivity index is 1.92. The van der Waals surface area contributed by atoms with Gasteiger partial charge in [-0.05, 0) is 41.2 Å². The van der Waals surface area contributed by atoms with E-state index in [-0.39, 0.29) is 6.04 Å². The van der Waals surface area contributed by atoms with E-state index in [1.54, 1.807) is 0 Å². The maximum Gasteiger partial charge on any atom is 0.0765 e. The standard InChI is InChI=1S/C26H27N/c1-3-20-19-23-17-11-12-18-25(23)27(26(20)22-15-9-6-10-16-22)24(4-2)21-13-7-5-8-14-21/h5-19,24,26H,3-4H2,1-2H3/t24?,26-/m0/s1. The predicted octanol–water partition coefficient (Wildman–Crippen LogP) is 7.19. The zero-order valence-electron chi connectivity index (χ0n) is 16.2. The first-order chi connectivity index (χ1) is 13.3. The number of nitrogens with zero attached hydrogens (tertiary/aromatic N) is 1. The molecule has 1 heterocycles. The SMILES string of the molecule is CCC1=Cc2ccccc2N(C(CC)c2ccccc2)[C@@H]1c1ccccc1. The van der Waals surface area contributed by atoms with Crippen molar-refractivity contribution >= 4 is 11.8 Å². The number of fused-ring (bicyclic) bond motifs is 1. The molecule has 0 saturated carbocycles. The van der Waals surface area contributed by atoms with Crippen molar-refractivity contribution in [2.75, 3.05) is 4.90 Å². The van der Waals surface area contributed by atoms with E-state index in [4.69, 9.17) is 0 Å². The molecule has 3 aromatic carbocycles.